The van der Waals surface area contributed by atoms with Gasteiger partial charge in [-0.1, -0.05) is 48.5 Å². The van der Waals surface area contributed by atoms with Gasteiger partial charge in [0.2, 0.25) is 0 Å². The van der Waals surface area contributed by atoms with Gasteiger partial charge < -0.3 is 9.47 Å². The Hall–Kier alpha value is -2.62. The Balaban J connectivity index is 1.78. The van der Waals surface area contributed by atoms with E-state index in [1.54, 1.807) is 24.3 Å². The van der Waals surface area contributed by atoms with Gasteiger partial charge in [0.15, 0.2) is 0 Å². The number of rotatable bonds is 6. The van der Waals surface area contributed by atoms with Crippen LogP contribution in [0.1, 0.15) is 41.6 Å². The molecule has 2 atom stereocenters. The summed E-state index contributed by atoms with van der Waals surface area (Å²) in [4.78, 5) is 25.2. The van der Waals surface area contributed by atoms with Crippen LogP contribution in [-0.4, -0.2) is 25.2 Å². The van der Waals surface area contributed by atoms with Crippen LogP contribution in [0.5, 0.6) is 0 Å². The van der Waals surface area contributed by atoms with Gasteiger partial charge in [-0.2, -0.15) is 0 Å². The predicted molar refractivity (Wildman–Crippen MR) is 98.7 cm³/mol. The van der Waals surface area contributed by atoms with E-state index in [9.17, 15) is 9.59 Å². The van der Waals surface area contributed by atoms with Crippen LogP contribution >= 0.6 is 0 Å². The Labute approximate surface area is 154 Å². The molecular formula is C22H24O4. The zero-order valence-corrected chi connectivity index (χ0v) is 15.0. The highest BCUT2D eigenvalue weighted by atomic mass is 16.6. The van der Waals surface area contributed by atoms with E-state index < -0.39 is 11.5 Å². The molecule has 26 heavy (non-hydrogen) atoms. The van der Waals surface area contributed by atoms with E-state index in [0.717, 1.165) is 18.4 Å². The molecule has 3 rings (SSSR count). The first-order valence-electron chi connectivity index (χ1n) is 9.04. The lowest BCUT2D eigenvalue weighted by Crippen LogP contribution is -2.42. The van der Waals surface area contributed by atoms with Crippen LogP contribution in [0.3, 0.4) is 0 Å². The van der Waals surface area contributed by atoms with Crippen LogP contribution < -0.4 is 0 Å². The Morgan fingerprint density at radius 2 is 1.69 bits per heavy atom. The molecule has 2 aromatic carbocycles. The summed E-state index contributed by atoms with van der Waals surface area (Å²) >= 11 is 0. The van der Waals surface area contributed by atoms with Crippen molar-refractivity contribution in [3.63, 3.8) is 0 Å². The van der Waals surface area contributed by atoms with Crippen molar-refractivity contribution in [3.8, 4) is 0 Å². The van der Waals surface area contributed by atoms with Gasteiger partial charge in [0.05, 0.1) is 12.7 Å². The number of benzene rings is 2. The van der Waals surface area contributed by atoms with Crippen LogP contribution in [0, 0.1) is 5.41 Å². The maximum atomic E-state index is 12.7. The molecule has 0 heterocycles. The number of ether oxygens (including phenoxy) is 2. The normalized spacial score (nSPS) is 22.0. The Kier molecular flexibility index (Phi) is 5.71. The van der Waals surface area contributed by atoms with Crippen molar-refractivity contribution in [2.24, 2.45) is 5.41 Å². The molecular weight excluding hydrogens is 328 g/mol. The minimum Gasteiger partial charge on any atom is -0.468 e. The van der Waals surface area contributed by atoms with E-state index in [2.05, 4.69) is 0 Å². The highest BCUT2D eigenvalue weighted by Crippen LogP contribution is 2.45. The van der Waals surface area contributed by atoms with E-state index in [-0.39, 0.29) is 11.9 Å². The molecule has 0 N–H and O–H groups in total. The van der Waals surface area contributed by atoms with E-state index in [4.69, 9.17) is 9.47 Å². The largest absolute Gasteiger partial charge is 0.468 e. The maximum Gasteiger partial charge on any atom is 0.338 e. The number of carbonyl (C=O) groups is 2. The van der Waals surface area contributed by atoms with Gasteiger partial charge in [-0.25, -0.2) is 4.79 Å². The summed E-state index contributed by atoms with van der Waals surface area (Å²) in [7, 11) is 1.40. The molecule has 0 saturated heterocycles. The number of hydrogen-bond donors (Lipinski definition) is 0. The quantitative estimate of drug-likeness (QED) is 0.732. The number of aryl methyl sites for hydroxylation is 1. The zero-order valence-electron chi connectivity index (χ0n) is 15.0. The molecule has 2 unspecified atom stereocenters. The Morgan fingerprint density at radius 3 is 2.35 bits per heavy atom. The molecule has 0 spiro atoms. The number of esters is 2. The van der Waals surface area contributed by atoms with Crippen molar-refractivity contribution in [2.75, 3.05) is 7.11 Å². The van der Waals surface area contributed by atoms with Crippen LogP contribution in [0.4, 0.5) is 0 Å². The summed E-state index contributed by atoms with van der Waals surface area (Å²) in [5, 5.41) is 0. The van der Waals surface area contributed by atoms with Crippen molar-refractivity contribution in [2.45, 2.75) is 38.2 Å². The van der Waals surface area contributed by atoms with Gasteiger partial charge >= 0.3 is 11.9 Å². The standard InChI is InChI=1S/C22H24O4/c1-25-21(24)22(16-14-17-9-4-2-5-10-17)15-8-13-19(22)26-20(23)18-11-6-3-7-12-18/h2-7,9-12,19H,8,13-16H2,1H3. The van der Waals surface area contributed by atoms with Crippen LogP contribution in [0.15, 0.2) is 60.7 Å². The van der Waals surface area contributed by atoms with E-state index in [1.807, 2.05) is 36.4 Å². The third kappa shape index (κ3) is 3.79. The monoisotopic (exact) mass is 352 g/mol. The fourth-order valence-corrected chi connectivity index (χ4v) is 3.82. The lowest BCUT2D eigenvalue weighted by Gasteiger charge is -2.32. The van der Waals surface area contributed by atoms with Gasteiger partial charge in [0.25, 0.3) is 0 Å². The molecule has 1 aliphatic rings. The first-order chi connectivity index (χ1) is 12.7. The number of methoxy groups -OCH3 is 1. The van der Waals surface area contributed by atoms with E-state index in [1.165, 1.54) is 7.11 Å². The molecule has 0 aromatic heterocycles. The number of hydrogen-bond acceptors (Lipinski definition) is 4. The van der Waals surface area contributed by atoms with Gasteiger partial charge in [-0.15, -0.1) is 0 Å². The van der Waals surface area contributed by atoms with Gasteiger partial charge in [0.1, 0.15) is 11.5 Å². The third-order valence-corrected chi connectivity index (χ3v) is 5.26. The smallest absolute Gasteiger partial charge is 0.338 e. The van der Waals surface area contributed by atoms with Crippen molar-refractivity contribution >= 4 is 11.9 Å². The van der Waals surface area contributed by atoms with E-state index >= 15 is 0 Å². The topological polar surface area (TPSA) is 52.6 Å². The summed E-state index contributed by atoms with van der Waals surface area (Å²) in [6.45, 7) is 0. The molecule has 1 aliphatic carbocycles. The molecule has 1 fully saturated rings. The van der Waals surface area contributed by atoms with Crippen LogP contribution in [0.25, 0.3) is 0 Å². The summed E-state index contributed by atoms with van der Waals surface area (Å²) < 4.78 is 10.9. The SMILES string of the molecule is COC(=O)C1(CCc2ccccc2)CCCC1OC(=O)c1ccccc1. The molecule has 1 saturated carbocycles. The van der Waals surface area contributed by atoms with Crippen molar-refractivity contribution in [1.29, 1.82) is 0 Å². The van der Waals surface area contributed by atoms with Gasteiger partial charge in [0, 0.05) is 0 Å². The average Bonchev–Trinajstić information content (AvgIpc) is 3.10. The Bertz CT molecular complexity index is 741. The third-order valence-electron chi connectivity index (χ3n) is 5.26. The minimum atomic E-state index is -0.769. The second-order valence-corrected chi connectivity index (χ2v) is 6.79. The second kappa shape index (κ2) is 8.17. The summed E-state index contributed by atoms with van der Waals surface area (Å²) in [6, 6.07) is 18.9. The first kappa shape index (κ1) is 18.2. The molecule has 0 aliphatic heterocycles. The predicted octanol–water partition coefficient (Wildman–Crippen LogP) is 4.19. The van der Waals surface area contributed by atoms with E-state index in [0.29, 0.717) is 24.8 Å². The summed E-state index contributed by atoms with van der Waals surface area (Å²) in [6.07, 6.45) is 3.11. The van der Waals surface area contributed by atoms with Gasteiger partial charge in [-0.3, -0.25) is 4.79 Å². The average molecular weight is 352 g/mol. The molecule has 0 radical (unpaired) electrons. The molecule has 0 amide bonds. The molecule has 2 aromatic rings. The Morgan fingerprint density at radius 1 is 1.04 bits per heavy atom. The molecule has 136 valence electrons. The fraction of sp³-hybridized carbons (Fsp3) is 0.364. The minimum absolute atomic E-state index is 0.281. The van der Waals surface area contributed by atoms with Crippen LogP contribution in [0.2, 0.25) is 0 Å². The lowest BCUT2D eigenvalue weighted by molar-refractivity contribution is -0.159. The highest BCUT2D eigenvalue weighted by molar-refractivity contribution is 5.90. The first-order valence-corrected chi connectivity index (χ1v) is 9.04. The maximum absolute atomic E-state index is 12.7. The van der Waals surface area contributed by atoms with Crippen molar-refractivity contribution < 1.29 is 19.1 Å². The molecule has 0 bridgehead atoms. The summed E-state index contributed by atoms with van der Waals surface area (Å²) in [5.74, 6) is -0.665. The van der Waals surface area contributed by atoms with Gasteiger partial charge in [-0.05, 0) is 49.8 Å². The zero-order chi connectivity index (χ0) is 18.4. The fourth-order valence-electron chi connectivity index (χ4n) is 3.82. The van der Waals surface area contributed by atoms with Crippen molar-refractivity contribution in [1.82, 2.24) is 0 Å². The molecule has 4 nitrogen and oxygen atoms in total. The second-order valence-electron chi connectivity index (χ2n) is 6.79. The molecule has 4 heteroatoms. The highest BCUT2D eigenvalue weighted by Gasteiger charge is 2.51. The van der Waals surface area contributed by atoms with Crippen molar-refractivity contribution in [3.05, 3.63) is 71.8 Å². The lowest BCUT2D eigenvalue weighted by atomic mass is 9.78. The summed E-state index contributed by atoms with van der Waals surface area (Å²) in [5.41, 5.74) is 0.895. The number of carbonyl (C=O) groups excluding carboxylic acids is 2. The van der Waals surface area contributed by atoms with Crippen LogP contribution in [-0.2, 0) is 20.7 Å².